The fourth-order valence-corrected chi connectivity index (χ4v) is 2.59. The lowest BCUT2D eigenvalue weighted by molar-refractivity contribution is 0.324. The summed E-state index contributed by atoms with van der Waals surface area (Å²) in [5.74, 6) is 2.51. The van der Waals surface area contributed by atoms with E-state index in [4.69, 9.17) is 4.74 Å². The normalized spacial score (nSPS) is 15.9. The maximum absolute atomic E-state index is 5.47. The van der Waals surface area contributed by atoms with E-state index in [1.54, 1.807) is 6.33 Å². The number of rotatable bonds is 6. The molecule has 0 aliphatic heterocycles. The molecule has 18 heavy (non-hydrogen) atoms. The van der Waals surface area contributed by atoms with E-state index in [0.29, 0.717) is 12.5 Å². The molecule has 1 N–H and O–H groups in total. The molecule has 1 aliphatic carbocycles. The Morgan fingerprint density at radius 3 is 2.83 bits per heavy atom. The predicted octanol–water partition coefficient (Wildman–Crippen LogP) is 3.18. The predicted molar refractivity (Wildman–Crippen MR) is 73.0 cm³/mol. The van der Waals surface area contributed by atoms with Crippen LogP contribution in [-0.4, -0.2) is 23.1 Å². The monoisotopic (exact) mass is 249 g/mol. The molecule has 0 unspecified atom stereocenters. The van der Waals surface area contributed by atoms with Gasteiger partial charge in [0.05, 0.1) is 12.2 Å². The van der Waals surface area contributed by atoms with Crippen LogP contribution in [0.15, 0.2) is 6.33 Å². The average molecular weight is 249 g/mol. The Labute approximate surface area is 109 Å². The second-order valence-corrected chi connectivity index (χ2v) is 4.95. The number of ether oxygens (including phenoxy) is 1. The molecule has 0 spiro atoms. The molecule has 0 radical (unpaired) electrons. The van der Waals surface area contributed by atoms with Crippen LogP contribution in [0, 0.1) is 12.8 Å². The topological polar surface area (TPSA) is 47.0 Å². The zero-order valence-electron chi connectivity index (χ0n) is 11.4. The molecule has 0 amide bonds. The van der Waals surface area contributed by atoms with Gasteiger partial charge in [0.1, 0.15) is 12.1 Å². The van der Waals surface area contributed by atoms with Crippen molar-refractivity contribution in [2.75, 3.05) is 18.5 Å². The summed E-state index contributed by atoms with van der Waals surface area (Å²) in [6.45, 7) is 5.60. The van der Waals surface area contributed by atoms with Crippen molar-refractivity contribution in [2.45, 2.75) is 46.0 Å². The minimum absolute atomic E-state index is 0.638. The van der Waals surface area contributed by atoms with E-state index >= 15 is 0 Å². The van der Waals surface area contributed by atoms with Gasteiger partial charge >= 0.3 is 0 Å². The van der Waals surface area contributed by atoms with Crippen LogP contribution in [0.4, 0.5) is 5.82 Å². The highest BCUT2D eigenvalue weighted by Crippen LogP contribution is 2.27. The third kappa shape index (κ3) is 3.34. The number of nitrogens with zero attached hydrogens (tertiary/aromatic N) is 2. The van der Waals surface area contributed by atoms with Crippen LogP contribution in [-0.2, 0) is 0 Å². The van der Waals surface area contributed by atoms with Crippen LogP contribution in [0.1, 0.15) is 44.6 Å². The second-order valence-electron chi connectivity index (χ2n) is 4.95. The molecule has 1 fully saturated rings. The van der Waals surface area contributed by atoms with Gasteiger partial charge in [-0.3, -0.25) is 0 Å². The molecule has 0 saturated heterocycles. The zero-order chi connectivity index (χ0) is 12.8. The average Bonchev–Trinajstić information content (AvgIpc) is 2.87. The molecular weight excluding hydrogens is 226 g/mol. The fourth-order valence-electron chi connectivity index (χ4n) is 2.59. The van der Waals surface area contributed by atoms with Crippen molar-refractivity contribution in [3.8, 4) is 5.88 Å². The Balaban J connectivity index is 1.86. The minimum Gasteiger partial charge on any atom is -0.478 e. The van der Waals surface area contributed by atoms with E-state index in [0.717, 1.165) is 23.8 Å². The van der Waals surface area contributed by atoms with Crippen LogP contribution in [0.2, 0.25) is 0 Å². The SMILES string of the molecule is CCOc1ncnc(NCCC2CCCC2)c1C. The molecule has 1 heterocycles. The van der Waals surface area contributed by atoms with Crippen molar-refractivity contribution in [1.82, 2.24) is 9.97 Å². The number of aromatic nitrogens is 2. The first-order valence-electron chi connectivity index (χ1n) is 6.99. The van der Waals surface area contributed by atoms with Gasteiger partial charge in [-0.15, -0.1) is 0 Å². The Hall–Kier alpha value is -1.32. The molecule has 1 saturated carbocycles. The van der Waals surface area contributed by atoms with E-state index in [1.165, 1.54) is 32.1 Å². The smallest absolute Gasteiger partial charge is 0.221 e. The van der Waals surface area contributed by atoms with Crippen molar-refractivity contribution >= 4 is 5.82 Å². The third-order valence-electron chi connectivity index (χ3n) is 3.64. The Morgan fingerprint density at radius 1 is 1.33 bits per heavy atom. The summed E-state index contributed by atoms with van der Waals surface area (Å²) in [7, 11) is 0. The quantitative estimate of drug-likeness (QED) is 0.841. The summed E-state index contributed by atoms with van der Waals surface area (Å²) in [6, 6.07) is 0. The Morgan fingerprint density at radius 2 is 2.11 bits per heavy atom. The maximum Gasteiger partial charge on any atom is 0.221 e. The fraction of sp³-hybridized carbons (Fsp3) is 0.714. The molecular formula is C14H23N3O. The summed E-state index contributed by atoms with van der Waals surface area (Å²) in [6.07, 6.45) is 8.42. The molecule has 1 aliphatic rings. The summed E-state index contributed by atoms with van der Waals surface area (Å²) < 4.78 is 5.47. The molecule has 1 aromatic heterocycles. The van der Waals surface area contributed by atoms with E-state index in [-0.39, 0.29) is 0 Å². The lowest BCUT2D eigenvalue weighted by atomic mass is 10.0. The first kappa shape index (κ1) is 13.1. The van der Waals surface area contributed by atoms with Gasteiger partial charge < -0.3 is 10.1 Å². The number of hydrogen-bond donors (Lipinski definition) is 1. The van der Waals surface area contributed by atoms with Crippen molar-refractivity contribution < 1.29 is 4.74 Å². The first-order chi connectivity index (χ1) is 8.81. The molecule has 4 heteroatoms. The molecule has 0 bridgehead atoms. The summed E-state index contributed by atoms with van der Waals surface area (Å²) in [4.78, 5) is 8.42. The van der Waals surface area contributed by atoms with E-state index in [9.17, 15) is 0 Å². The molecule has 2 rings (SSSR count). The standard InChI is InChI=1S/C14H23N3O/c1-3-18-14-11(2)13(16-10-17-14)15-9-8-12-6-4-5-7-12/h10,12H,3-9H2,1-2H3,(H,15,16,17). The van der Waals surface area contributed by atoms with Gasteiger partial charge in [-0.1, -0.05) is 25.7 Å². The Kier molecular flexibility index (Phi) is 4.79. The minimum atomic E-state index is 0.638. The van der Waals surface area contributed by atoms with Crippen LogP contribution in [0.25, 0.3) is 0 Å². The van der Waals surface area contributed by atoms with Crippen molar-refractivity contribution in [2.24, 2.45) is 5.92 Å². The Bertz CT molecular complexity index is 375. The van der Waals surface area contributed by atoms with Crippen LogP contribution >= 0.6 is 0 Å². The lowest BCUT2D eigenvalue weighted by Crippen LogP contribution is -2.10. The number of anilines is 1. The van der Waals surface area contributed by atoms with Crippen LogP contribution < -0.4 is 10.1 Å². The van der Waals surface area contributed by atoms with Crippen molar-refractivity contribution in [3.63, 3.8) is 0 Å². The van der Waals surface area contributed by atoms with E-state index < -0.39 is 0 Å². The van der Waals surface area contributed by atoms with Crippen molar-refractivity contribution in [3.05, 3.63) is 11.9 Å². The summed E-state index contributed by atoms with van der Waals surface area (Å²) in [5, 5.41) is 3.41. The van der Waals surface area contributed by atoms with Gasteiger partial charge in [-0.25, -0.2) is 9.97 Å². The highest BCUT2D eigenvalue weighted by molar-refractivity contribution is 5.47. The lowest BCUT2D eigenvalue weighted by Gasteiger charge is -2.13. The second kappa shape index (κ2) is 6.57. The molecule has 100 valence electrons. The van der Waals surface area contributed by atoms with Crippen LogP contribution in [0.3, 0.4) is 0 Å². The first-order valence-corrected chi connectivity index (χ1v) is 6.99. The third-order valence-corrected chi connectivity index (χ3v) is 3.64. The molecule has 0 atom stereocenters. The molecule has 4 nitrogen and oxygen atoms in total. The van der Waals surface area contributed by atoms with Gasteiger partial charge in [-0.05, 0) is 26.2 Å². The van der Waals surface area contributed by atoms with Gasteiger partial charge in [0, 0.05) is 6.54 Å². The number of hydrogen-bond acceptors (Lipinski definition) is 4. The van der Waals surface area contributed by atoms with Gasteiger partial charge in [-0.2, -0.15) is 0 Å². The molecule has 1 aromatic rings. The summed E-state index contributed by atoms with van der Waals surface area (Å²) in [5.41, 5.74) is 1.01. The highest BCUT2D eigenvalue weighted by atomic mass is 16.5. The molecule has 0 aromatic carbocycles. The van der Waals surface area contributed by atoms with E-state index in [1.807, 2.05) is 13.8 Å². The van der Waals surface area contributed by atoms with Crippen LogP contribution in [0.5, 0.6) is 5.88 Å². The van der Waals surface area contributed by atoms with Crippen molar-refractivity contribution in [1.29, 1.82) is 0 Å². The zero-order valence-corrected chi connectivity index (χ0v) is 11.4. The van der Waals surface area contributed by atoms with Gasteiger partial charge in [0.25, 0.3) is 0 Å². The van der Waals surface area contributed by atoms with Gasteiger partial charge in [0.15, 0.2) is 0 Å². The maximum atomic E-state index is 5.47. The largest absolute Gasteiger partial charge is 0.478 e. The summed E-state index contributed by atoms with van der Waals surface area (Å²) >= 11 is 0. The number of nitrogens with one attached hydrogen (secondary N) is 1. The highest BCUT2D eigenvalue weighted by Gasteiger charge is 2.14. The van der Waals surface area contributed by atoms with Gasteiger partial charge in [0.2, 0.25) is 5.88 Å². The van der Waals surface area contributed by atoms with E-state index in [2.05, 4.69) is 15.3 Å².